The smallest absolute Gasteiger partial charge is 0.296 e. The minimum absolute atomic E-state index is 0.365. The van der Waals surface area contributed by atoms with Gasteiger partial charge in [0.15, 0.2) is 0 Å². The normalized spacial score (nSPS) is 16.1. The van der Waals surface area contributed by atoms with Crippen LogP contribution >= 0.6 is 0 Å². The maximum Gasteiger partial charge on any atom is 0.450 e. The Morgan fingerprint density at radius 3 is 2.29 bits per heavy atom. The van der Waals surface area contributed by atoms with Crippen molar-refractivity contribution in [3.63, 3.8) is 0 Å². The molecule has 1 aromatic carbocycles. The SMILES string of the molecule is N#CC1(c2ccc(-c3ccc4cnc(C(F)(F)F)n4c3)cc2)CC1. The van der Waals surface area contributed by atoms with Crippen LogP contribution in [0.5, 0.6) is 0 Å². The Morgan fingerprint density at radius 2 is 1.71 bits per heavy atom. The van der Waals surface area contributed by atoms with E-state index >= 15 is 0 Å². The summed E-state index contributed by atoms with van der Waals surface area (Å²) >= 11 is 0. The molecule has 0 radical (unpaired) electrons. The summed E-state index contributed by atoms with van der Waals surface area (Å²) in [5, 5.41) is 9.23. The molecule has 3 aromatic rings. The highest BCUT2D eigenvalue weighted by Crippen LogP contribution is 2.47. The lowest BCUT2D eigenvalue weighted by Crippen LogP contribution is -2.10. The van der Waals surface area contributed by atoms with Gasteiger partial charge in [-0.2, -0.15) is 18.4 Å². The number of aromatic nitrogens is 2. The van der Waals surface area contributed by atoms with Crippen molar-refractivity contribution >= 4 is 5.52 Å². The first-order valence-electron chi connectivity index (χ1n) is 7.49. The highest BCUT2D eigenvalue weighted by molar-refractivity contribution is 5.66. The number of nitrogens with zero attached hydrogens (tertiary/aromatic N) is 3. The number of alkyl halides is 3. The van der Waals surface area contributed by atoms with Gasteiger partial charge < -0.3 is 0 Å². The lowest BCUT2D eigenvalue weighted by atomic mass is 9.95. The lowest BCUT2D eigenvalue weighted by molar-refractivity contribution is -0.145. The molecular weight excluding hydrogens is 315 g/mol. The molecule has 24 heavy (non-hydrogen) atoms. The summed E-state index contributed by atoms with van der Waals surface area (Å²) in [5.74, 6) is -0.933. The van der Waals surface area contributed by atoms with Crippen LogP contribution in [0.15, 0.2) is 48.8 Å². The number of hydrogen-bond donors (Lipinski definition) is 0. The Labute approximate surface area is 136 Å². The van der Waals surface area contributed by atoms with Crippen LogP contribution in [-0.4, -0.2) is 9.38 Å². The van der Waals surface area contributed by atoms with Crippen LogP contribution in [0.4, 0.5) is 13.2 Å². The van der Waals surface area contributed by atoms with Gasteiger partial charge in [0.05, 0.1) is 23.2 Å². The molecule has 4 rings (SSSR count). The van der Waals surface area contributed by atoms with Crippen LogP contribution in [0, 0.1) is 11.3 Å². The Kier molecular flexibility index (Phi) is 2.98. The molecule has 3 nitrogen and oxygen atoms in total. The van der Waals surface area contributed by atoms with E-state index < -0.39 is 12.0 Å². The van der Waals surface area contributed by atoms with Crippen molar-refractivity contribution in [2.45, 2.75) is 24.4 Å². The van der Waals surface area contributed by atoms with E-state index in [1.807, 2.05) is 24.3 Å². The van der Waals surface area contributed by atoms with E-state index in [9.17, 15) is 18.4 Å². The quantitative estimate of drug-likeness (QED) is 0.691. The van der Waals surface area contributed by atoms with Gasteiger partial charge in [0.25, 0.3) is 0 Å². The molecule has 6 heteroatoms. The second kappa shape index (κ2) is 4.84. The topological polar surface area (TPSA) is 41.1 Å². The Hall–Kier alpha value is -2.81. The number of fused-ring (bicyclic) bond motifs is 1. The van der Waals surface area contributed by atoms with Crippen LogP contribution in [-0.2, 0) is 11.6 Å². The molecule has 1 saturated carbocycles. The zero-order chi connectivity index (χ0) is 16.9. The van der Waals surface area contributed by atoms with Gasteiger partial charge in [-0.3, -0.25) is 4.40 Å². The fraction of sp³-hybridized carbons (Fsp3) is 0.222. The average Bonchev–Trinajstić information content (AvgIpc) is 3.25. The number of halogens is 3. The second-order valence-corrected chi connectivity index (χ2v) is 6.06. The third-order valence-corrected chi connectivity index (χ3v) is 4.52. The standard InChI is InChI=1S/C18H12F3N3/c19-18(20,21)16-23-9-15-6-3-13(10-24(15)16)12-1-4-14(5-2-12)17(11-22)7-8-17/h1-6,9-10H,7-8H2. The summed E-state index contributed by atoms with van der Waals surface area (Å²) in [6, 6.07) is 13.2. The van der Waals surface area contributed by atoms with Crippen LogP contribution in [0.2, 0.25) is 0 Å². The number of benzene rings is 1. The van der Waals surface area contributed by atoms with Crippen molar-refractivity contribution in [2.75, 3.05) is 0 Å². The fourth-order valence-corrected chi connectivity index (χ4v) is 2.94. The molecule has 0 spiro atoms. The van der Waals surface area contributed by atoms with E-state index in [4.69, 9.17) is 0 Å². The molecule has 0 saturated heterocycles. The van der Waals surface area contributed by atoms with Gasteiger partial charge in [-0.25, -0.2) is 4.98 Å². The highest BCUT2D eigenvalue weighted by Gasteiger charge is 2.44. The van der Waals surface area contributed by atoms with E-state index in [0.29, 0.717) is 11.1 Å². The van der Waals surface area contributed by atoms with Gasteiger partial charge in [-0.1, -0.05) is 30.3 Å². The maximum absolute atomic E-state index is 13.0. The van der Waals surface area contributed by atoms with Gasteiger partial charge >= 0.3 is 6.18 Å². The zero-order valence-electron chi connectivity index (χ0n) is 12.5. The van der Waals surface area contributed by atoms with E-state index in [1.54, 1.807) is 12.1 Å². The third-order valence-electron chi connectivity index (χ3n) is 4.52. The fourth-order valence-electron chi connectivity index (χ4n) is 2.94. The average molecular weight is 327 g/mol. The molecule has 0 aliphatic heterocycles. The molecule has 0 bridgehead atoms. The van der Waals surface area contributed by atoms with Gasteiger partial charge in [0, 0.05) is 6.20 Å². The largest absolute Gasteiger partial charge is 0.450 e. The van der Waals surface area contributed by atoms with Crippen molar-refractivity contribution in [3.8, 4) is 17.2 Å². The van der Waals surface area contributed by atoms with Gasteiger partial charge in [0.2, 0.25) is 5.82 Å². The summed E-state index contributed by atoms with van der Waals surface area (Å²) in [7, 11) is 0. The molecule has 2 heterocycles. The Balaban J connectivity index is 1.75. The van der Waals surface area contributed by atoms with E-state index in [-0.39, 0.29) is 5.41 Å². The number of nitriles is 1. The highest BCUT2D eigenvalue weighted by atomic mass is 19.4. The predicted octanol–water partition coefficient (Wildman–Crippen LogP) is 4.58. The summed E-state index contributed by atoms with van der Waals surface area (Å²) in [6.07, 6.45) is -0.131. The molecule has 0 amide bonds. The first-order chi connectivity index (χ1) is 11.4. The molecule has 1 aliphatic carbocycles. The number of rotatable bonds is 2. The first kappa shape index (κ1) is 14.8. The molecule has 0 unspecified atom stereocenters. The van der Waals surface area contributed by atoms with Crippen molar-refractivity contribution in [1.82, 2.24) is 9.38 Å². The van der Waals surface area contributed by atoms with Crippen molar-refractivity contribution in [3.05, 3.63) is 60.2 Å². The maximum atomic E-state index is 13.0. The van der Waals surface area contributed by atoms with Crippen LogP contribution < -0.4 is 0 Å². The molecule has 0 N–H and O–H groups in total. The van der Waals surface area contributed by atoms with E-state index in [2.05, 4.69) is 11.1 Å². The number of imidazole rings is 1. The van der Waals surface area contributed by atoms with Crippen LogP contribution in [0.25, 0.3) is 16.6 Å². The van der Waals surface area contributed by atoms with Gasteiger partial charge in [-0.15, -0.1) is 0 Å². The van der Waals surface area contributed by atoms with Gasteiger partial charge in [-0.05, 0) is 35.6 Å². The molecular formula is C18H12F3N3. The number of pyridine rings is 1. The molecule has 2 aromatic heterocycles. The molecule has 1 aliphatic rings. The predicted molar refractivity (Wildman–Crippen MR) is 82.2 cm³/mol. The monoisotopic (exact) mass is 327 g/mol. The minimum atomic E-state index is -4.50. The van der Waals surface area contributed by atoms with Crippen molar-refractivity contribution < 1.29 is 13.2 Å². The molecule has 120 valence electrons. The molecule has 0 atom stereocenters. The zero-order valence-corrected chi connectivity index (χ0v) is 12.5. The summed E-state index contributed by atoms with van der Waals surface area (Å²) in [4.78, 5) is 3.47. The van der Waals surface area contributed by atoms with Crippen molar-refractivity contribution in [1.29, 1.82) is 5.26 Å². The Bertz CT molecular complexity index is 958. The van der Waals surface area contributed by atoms with Gasteiger partial charge in [0.1, 0.15) is 0 Å². The van der Waals surface area contributed by atoms with Crippen molar-refractivity contribution in [2.24, 2.45) is 0 Å². The van der Waals surface area contributed by atoms with E-state index in [1.165, 1.54) is 12.4 Å². The third kappa shape index (κ3) is 2.24. The molecule has 1 fully saturated rings. The van der Waals surface area contributed by atoms with Crippen LogP contribution in [0.1, 0.15) is 24.2 Å². The summed E-state index contributed by atoms with van der Waals surface area (Å²) in [6.45, 7) is 0. The lowest BCUT2D eigenvalue weighted by Gasteiger charge is -2.10. The summed E-state index contributed by atoms with van der Waals surface area (Å²) in [5.41, 5.74) is 2.46. The second-order valence-electron chi connectivity index (χ2n) is 6.06. The van der Waals surface area contributed by atoms with E-state index in [0.717, 1.165) is 28.4 Å². The first-order valence-corrected chi connectivity index (χ1v) is 7.49. The summed E-state index contributed by atoms with van der Waals surface area (Å²) < 4.78 is 40.1. The minimum Gasteiger partial charge on any atom is -0.296 e. The number of hydrogen-bond acceptors (Lipinski definition) is 2. The van der Waals surface area contributed by atoms with Crippen LogP contribution in [0.3, 0.4) is 0 Å². The Morgan fingerprint density at radius 1 is 1.04 bits per heavy atom.